The Labute approximate surface area is 120 Å². The van der Waals surface area contributed by atoms with Crippen LogP contribution in [0.25, 0.3) is 0 Å². The van der Waals surface area contributed by atoms with Crippen LogP contribution in [0.4, 0.5) is 0 Å². The summed E-state index contributed by atoms with van der Waals surface area (Å²) in [6.45, 7) is 2.44. The molecule has 4 heteroatoms. The summed E-state index contributed by atoms with van der Waals surface area (Å²) in [4.78, 5) is 16.1. The summed E-state index contributed by atoms with van der Waals surface area (Å²) >= 11 is 2.19. The highest BCUT2D eigenvalue weighted by atomic mass is 127. The third-order valence-corrected chi connectivity index (χ3v) is 3.18. The minimum Gasteiger partial charge on any atom is -0.348 e. The molecule has 0 bridgehead atoms. The van der Waals surface area contributed by atoms with E-state index in [2.05, 4.69) is 32.9 Å². The van der Waals surface area contributed by atoms with Crippen LogP contribution in [0.5, 0.6) is 0 Å². The Bertz CT molecular complexity index is 552. The summed E-state index contributed by atoms with van der Waals surface area (Å²) in [7, 11) is 0. The van der Waals surface area contributed by atoms with Crippen LogP contribution in [-0.2, 0) is 6.54 Å². The predicted molar refractivity (Wildman–Crippen MR) is 79.3 cm³/mol. The maximum Gasteiger partial charge on any atom is 0.251 e. The normalized spacial score (nSPS) is 10.1. The molecule has 0 radical (unpaired) electrons. The Morgan fingerprint density at radius 2 is 2.17 bits per heavy atom. The molecule has 3 nitrogen and oxygen atoms in total. The standard InChI is InChI=1S/C14H13IN2O/c1-10-5-6-11(8-16-10)9-17-14(18)12-3-2-4-13(15)7-12/h2-8H,9H2,1H3,(H,17,18). The van der Waals surface area contributed by atoms with Crippen molar-refractivity contribution in [3.63, 3.8) is 0 Å². The molecular formula is C14H13IN2O. The zero-order valence-corrected chi connectivity index (χ0v) is 12.1. The van der Waals surface area contributed by atoms with Crippen molar-refractivity contribution < 1.29 is 4.79 Å². The smallest absolute Gasteiger partial charge is 0.251 e. The Morgan fingerprint density at radius 1 is 1.33 bits per heavy atom. The SMILES string of the molecule is Cc1ccc(CNC(=O)c2cccc(I)c2)cn1. The van der Waals surface area contributed by atoms with E-state index in [0.29, 0.717) is 12.1 Å². The van der Waals surface area contributed by atoms with Gasteiger partial charge >= 0.3 is 0 Å². The van der Waals surface area contributed by atoms with Crippen LogP contribution in [0.15, 0.2) is 42.6 Å². The fraction of sp³-hybridized carbons (Fsp3) is 0.143. The molecule has 2 aromatic rings. The first-order chi connectivity index (χ1) is 8.65. The first kappa shape index (κ1) is 13.0. The first-order valence-corrected chi connectivity index (χ1v) is 6.68. The maximum absolute atomic E-state index is 11.9. The second-order valence-electron chi connectivity index (χ2n) is 4.00. The molecule has 1 aromatic carbocycles. The number of pyridine rings is 1. The lowest BCUT2D eigenvalue weighted by atomic mass is 10.2. The number of amides is 1. The van der Waals surface area contributed by atoms with E-state index >= 15 is 0 Å². The summed E-state index contributed by atoms with van der Waals surface area (Å²) in [6, 6.07) is 11.4. The van der Waals surface area contributed by atoms with Crippen LogP contribution in [-0.4, -0.2) is 10.9 Å². The van der Waals surface area contributed by atoms with Crippen LogP contribution in [0, 0.1) is 10.5 Å². The summed E-state index contributed by atoms with van der Waals surface area (Å²) in [5.74, 6) is -0.0610. The first-order valence-electron chi connectivity index (χ1n) is 5.60. The molecule has 0 fully saturated rings. The number of rotatable bonds is 3. The van der Waals surface area contributed by atoms with Crippen molar-refractivity contribution >= 4 is 28.5 Å². The lowest BCUT2D eigenvalue weighted by Gasteiger charge is -2.05. The van der Waals surface area contributed by atoms with E-state index in [-0.39, 0.29) is 5.91 Å². The molecule has 0 unspecified atom stereocenters. The monoisotopic (exact) mass is 352 g/mol. The quantitative estimate of drug-likeness (QED) is 0.864. The number of hydrogen-bond donors (Lipinski definition) is 1. The summed E-state index contributed by atoms with van der Waals surface area (Å²) in [5.41, 5.74) is 2.66. The van der Waals surface area contributed by atoms with E-state index < -0.39 is 0 Å². The molecule has 1 aromatic heterocycles. The van der Waals surface area contributed by atoms with E-state index in [1.165, 1.54) is 0 Å². The fourth-order valence-electron chi connectivity index (χ4n) is 1.52. The Kier molecular flexibility index (Phi) is 4.30. The third-order valence-electron chi connectivity index (χ3n) is 2.51. The summed E-state index contributed by atoms with van der Waals surface area (Å²) in [6.07, 6.45) is 1.78. The molecule has 2 rings (SSSR count). The molecule has 0 saturated heterocycles. The molecule has 1 heterocycles. The second kappa shape index (κ2) is 5.95. The number of nitrogens with zero attached hydrogens (tertiary/aromatic N) is 1. The Hall–Kier alpha value is -1.43. The van der Waals surface area contributed by atoms with Gasteiger partial charge in [0.2, 0.25) is 0 Å². The highest BCUT2D eigenvalue weighted by Gasteiger charge is 2.05. The number of nitrogens with one attached hydrogen (secondary N) is 1. The molecule has 1 amide bonds. The molecule has 0 aliphatic carbocycles. The van der Waals surface area contributed by atoms with Gasteiger partial charge in [-0.25, -0.2) is 0 Å². The van der Waals surface area contributed by atoms with Gasteiger partial charge in [-0.05, 0) is 59.3 Å². The molecule has 0 atom stereocenters. The van der Waals surface area contributed by atoms with Crippen molar-refractivity contribution in [2.45, 2.75) is 13.5 Å². The van der Waals surface area contributed by atoms with Gasteiger partial charge in [-0.2, -0.15) is 0 Å². The number of carbonyl (C=O) groups excluding carboxylic acids is 1. The van der Waals surface area contributed by atoms with E-state index in [4.69, 9.17) is 0 Å². The number of aromatic nitrogens is 1. The summed E-state index contributed by atoms with van der Waals surface area (Å²) in [5, 5.41) is 2.88. The van der Waals surface area contributed by atoms with E-state index in [0.717, 1.165) is 14.8 Å². The van der Waals surface area contributed by atoms with Gasteiger partial charge in [0, 0.05) is 27.6 Å². The van der Waals surface area contributed by atoms with Crippen molar-refractivity contribution in [1.82, 2.24) is 10.3 Å². The molecule has 0 spiro atoms. The molecule has 1 N–H and O–H groups in total. The van der Waals surface area contributed by atoms with Crippen molar-refractivity contribution in [2.24, 2.45) is 0 Å². The number of hydrogen-bond acceptors (Lipinski definition) is 2. The van der Waals surface area contributed by atoms with Crippen molar-refractivity contribution in [3.8, 4) is 0 Å². The molecular weight excluding hydrogens is 339 g/mol. The molecule has 18 heavy (non-hydrogen) atoms. The highest BCUT2D eigenvalue weighted by molar-refractivity contribution is 14.1. The van der Waals surface area contributed by atoms with Gasteiger partial charge in [0.25, 0.3) is 5.91 Å². The zero-order chi connectivity index (χ0) is 13.0. The predicted octanol–water partition coefficient (Wildman–Crippen LogP) is 2.92. The Balaban J connectivity index is 1.98. The number of halogens is 1. The van der Waals surface area contributed by atoms with Gasteiger partial charge in [-0.3, -0.25) is 9.78 Å². The minimum atomic E-state index is -0.0610. The molecule has 0 saturated carbocycles. The van der Waals surface area contributed by atoms with Crippen LogP contribution in [0.2, 0.25) is 0 Å². The van der Waals surface area contributed by atoms with Gasteiger partial charge in [0.05, 0.1) is 0 Å². The van der Waals surface area contributed by atoms with Gasteiger partial charge < -0.3 is 5.32 Å². The van der Waals surface area contributed by atoms with E-state index in [1.54, 1.807) is 6.20 Å². The van der Waals surface area contributed by atoms with E-state index in [1.807, 2.05) is 43.3 Å². The topological polar surface area (TPSA) is 42.0 Å². The van der Waals surface area contributed by atoms with Crippen LogP contribution < -0.4 is 5.32 Å². The van der Waals surface area contributed by atoms with Crippen molar-refractivity contribution in [3.05, 3.63) is 63.0 Å². The van der Waals surface area contributed by atoms with Crippen LogP contribution >= 0.6 is 22.6 Å². The van der Waals surface area contributed by atoms with Crippen molar-refractivity contribution in [1.29, 1.82) is 0 Å². The second-order valence-corrected chi connectivity index (χ2v) is 5.25. The number of benzene rings is 1. The van der Waals surface area contributed by atoms with E-state index in [9.17, 15) is 4.79 Å². The van der Waals surface area contributed by atoms with Crippen LogP contribution in [0.1, 0.15) is 21.6 Å². The lowest BCUT2D eigenvalue weighted by Crippen LogP contribution is -2.22. The molecule has 0 aliphatic heterocycles. The average molecular weight is 352 g/mol. The van der Waals surface area contributed by atoms with Crippen molar-refractivity contribution in [2.75, 3.05) is 0 Å². The number of carbonyl (C=O) groups is 1. The largest absolute Gasteiger partial charge is 0.348 e. The fourth-order valence-corrected chi connectivity index (χ4v) is 2.06. The maximum atomic E-state index is 11.9. The Morgan fingerprint density at radius 3 is 2.83 bits per heavy atom. The highest BCUT2D eigenvalue weighted by Crippen LogP contribution is 2.08. The number of aryl methyl sites for hydroxylation is 1. The van der Waals surface area contributed by atoms with Gasteiger partial charge in [-0.1, -0.05) is 12.1 Å². The van der Waals surface area contributed by atoms with Crippen LogP contribution in [0.3, 0.4) is 0 Å². The zero-order valence-electron chi connectivity index (χ0n) is 9.98. The van der Waals surface area contributed by atoms with Gasteiger partial charge in [0.1, 0.15) is 0 Å². The molecule has 0 aliphatic rings. The minimum absolute atomic E-state index is 0.0610. The molecule has 92 valence electrons. The lowest BCUT2D eigenvalue weighted by molar-refractivity contribution is 0.0951. The van der Waals surface area contributed by atoms with Gasteiger partial charge in [0.15, 0.2) is 0 Å². The third kappa shape index (κ3) is 3.53. The summed E-state index contributed by atoms with van der Waals surface area (Å²) < 4.78 is 1.05. The average Bonchev–Trinajstić information content (AvgIpc) is 2.38. The van der Waals surface area contributed by atoms with Gasteiger partial charge in [-0.15, -0.1) is 0 Å².